The van der Waals surface area contributed by atoms with Crippen LogP contribution in [-0.4, -0.2) is 26.7 Å². The van der Waals surface area contributed by atoms with Crippen LogP contribution in [0.25, 0.3) is 6.08 Å². The normalized spacial score (nSPS) is 12.0. The molecule has 0 aromatic heterocycles. The number of methoxy groups -OCH3 is 2. The minimum Gasteiger partial charge on any atom is -0.497 e. The van der Waals surface area contributed by atoms with Crippen molar-refractivity contribution in [1.29, 1.82) is 0 Å². The molecule has 0 fully saturated rings. The van der Waals surface area contributed by atoms with E-state index in [-0.39, 0.29) is 5.91 Å². The fourth-order valence-electron chi connectivity index (χ4n) is 2.63. The minimum absolute atomic E-state index is 0.118. The second kappa shape index (κ2) is 9.52. The molecule has 0 aliphatic heterocycles. The van der Waals surface area contributed by atoms with Gasteiger partial charge in [-0.05, 0) is 30.2 Å². The fourth-order valence-corrected chi connectivity index (χ4v) is 2.63. The predicted molar refractivity (Wildman–Crippen MR) is 101 cm³/mol. The van der Waals surface area contributed by atoms with Crippen LogP contribution in [0.2, 0.25) is 0 Å². The van der Waals surface area contributed by atoms with Crippen molar-refractivity contribution >= 4 is 12.0 Å². The molecule has 4 heteroatoms. The zero-order valence-corrected chi connectivity index (χ0v) is 15.0. The van der Waals surface area contributed by atoms with E-state index in [1.807, 2.05) is 30.3 Å². The van der Waals surface area contributed by atoms with Crippen molar-refractivity contribution in [2.75, 3.05) is 20.8 Å². The monoisotopic (exact) mass is 339 g/mol. The van der Waals surface area contributed by atoms with E-state index in [0.29, 0.717) is 24.0 Å². The maximum absolute atomic E-state index is 12.1. The summed E-state index contributed by atoms with van der Waals surface area (Å²) in [5.74, 6) is 1.58. The summed E-state index contributed by atoms with van der Waals surface area (Å²) in [4.78, 5) is 12.1. The zero-order chi connectivity index (χ0) is 18.1. The van der Waals surface area contributed by atoms with Crippen molar-refractivity contribution in [2.45, 2.75) is 19.3 Å². The van der Waals surface area contributed by atoms with E-state index in [0.717, 1.165) is 12.0 Å². The largest absolute Gasteiger partial charge is 0.497 e. The van der Waals surface area contributed by atoms with Crippen LogP contribution in [0.3, 0.4) is 0 Å². The Labute approximate surface area is 149 Å². The van der Waals surface area contributed by atoms with E-state index in [4.69, 9.17) is 9.47 Å². The second-order valence-electron chi connectivity index (χ2n) is 5.70. The molecule has 1 atom stereocenters. The maximum atomic E-state index is 12.1. The van der Waals surface area contributed by atoms with Crippen molar-refractivity contribution in [1.82, 2.24) is 5.32 Å². The Morgan fingerprint density at radius 3 is 2.52 bits per heavy atom. The van der Waals surface area contributed by atoms with E-state index in [9.17, 15) is 4.79 Å². The van der Waals surface area contributed by atoms with Crippen molar-refractivity contribution in [3.8, 4) is 11.5 Å². The van der Waals surface area contributed by atoms with Gasteiger partial charge in [0.25, 0.3) is 0 Å². The van der Waals surface area contributed by atoms with Gasteiger partial charge < -0.3 is 14.8 Å². The number of hydrogen-bond acceptors (Lipinski definition) is 3. The number of ether oxygens (including phenoxy) is 2. The number of carbonyl (C=O) groups excluding carboxylic acids is 1. The summed E-state index contributed by atoms with van der Waals surface area (Å²) in [5.41, 5.74) is 2.07. The molecule has 1 amide bonds. The second-order valence-corrected chi connectivity index (χ2v) is 5.70. The van der Waals surface area contributed by atoms with Crippen molar-refractivity contribution < 1.29 is 14.3 Å². The number of nitrogens with one attached hydrogen (secondary N) is 1. The third kappa shape index (κ3) is 5.38. The van der Waals surface area contributed by atoms with Crippen LogP contribution in [0.1, 0.15) is 30.4 Å². The molecule has 1 unspecified atom stereocenters. The fraction of sp³-hybridized carbons (Fsp3) is 0.286. The number of carbonyl (C=O) groups is 1. The van der Waals surface area contributed by atoms with Gasteiger partial charge in [0.1, 0.15) is 11.5 Å². The molecule has 0 heterocycles. The Bertz CT molecular complexity index is 710. The van der Waals surface area contributed by atoms with Crippen molar-refractivity contribution in [3.05, 3.63) is 65.7 Å². The summed E-state index contributed by atoms with van der Waals surface area (Å²) >= 11 is 0. The first-order valence-corrected chi connectivity index (χ1v) is 8.40. The lowest BCUT2D eigenvalue weighted by Gasteiger charge is -2.15. The van der Waals surface area contributed by atoms with Gasteiger partial charge in [-0.3, -0.25) is 4.79 Å². The van der Waals surface area contributed by atoms with Gasteiger partial charge in [0, 0.05) is 30.2 Å². The maximum Gasteiger partial charge on any atom is 0.244 e. The topological polar surface area (TPSA) is 47.6 Å². The Morgan fingerprint density at radius 2 is 1.88 bits per heavy atom. The summed E-state index contributed by atoms with van der Waals surface area (Å²) < 4.78 is 10.5. The molecule has 0 spiro atoms. The highest BCUT2D eigenvalue weighted by Crippen LogP contribution is 2.25. The summed E-state index contributed by atoms with van der Waals surface area (Å²) in [6.07, 6.45) is 4.25. The molecule has 0 saturated carbocycles. The highest BCUT2D eigenvalue weighted by atomic mass is 16.5. The Hall–Kier alpha value is -2.75. The summed E-state index contributed by atoms with van der Waals surface area (Å²) in [7, 11) is 3.20. The van der Waals surface area contributed by atoms with Crippen molar-refractivity contribution in [2.24, 2.45) is 0 Å². The van der Waals surface area contributed by atoms with E-state index >= 15 is 0 Å². The van der Waals surface area contributed by atoms with E-state index < -0.39 is 0 Å². The minimum atomic E-state index is -0.118. The first-order chi connectivity index (χ1) is 12.2. The lowest BCUT2D eigenvalue weighted by molar-refractivity contribution is -0.116. The summed E-state index contributed by atoms with van der Waals surface area (Å²) in [5, 5.41) is 2.97. The van der Waals surface area contributed by atoms with Crippen LogP contribution < -0.4 is 14.8 Å². The molecule has 132 valence electrons. The average Bonchev–Trinajstić information content (AvgIpc) is 2.67. The molecular formula is C21H25NO3. The van der Waals surface area contributed by atoms with E-state index in [2.05, 4.69) is 24.4 Å². The quantitative estimate of drug-likeness (QED) is 0.739. The molecule has 4 nitrogen and oxygen atoms in total. The summed E-state index contributed by atoms with van der Waals surface area (Å²) in [6.45, 7) is 2.74. The molecule has 2 aromatic carbocycles. The van der Waals surface area contributed by atoms with Crippen LogP contribution in [0.15, 0.2) is 54.6 Å². The van der Waals surface area contributed by atoms with E-state index in [1.54, 1.807) is 26.4 Å². The average molecular weight is 339 g/mol. The van der Waals surface area contributed by atoms with Gasteiger partial charge >= 0.3 is 0 Å². The van der Waals surface area contributed by atoms with Crippen LogP contribution >= 0.6 is 0 Å². The molecule has 0 radical (unpaired) electrons. The number of rotatable bonds is 8. The van der Waals surface area contributed by atoms with Crippen LogP contribution in [0.4, 0.5) is 0 Å². The lowest BCUT2D eigenvalue weighted by Crippen LogP contribution is -2.26. The molecule has 0 bridgehead atoms. The van der Waals surface area contributed by atoms with Gasteiger partial charge in [0.05, 0.1) is 14.2 Å². The van der Waals surface area contributed by atoms with E-state index in [1.165, 1.54) is 11.6 Å². The lowest BCUT2D eigenvalue weighted by atomic mass is 9.96. The smallest absolute Gasteiger partial charge is 0.244 e. The Balaban J connectivity index is 1.96. The number of hydrogen-bond donors (Lipinski definition) is 1. The third-order valence-corrected chi connectivity index (χ3v) is 4.14. The molecule has 2 rings (SSSR count). The molecule has 0 saturated heterocycles. The standard InChI is InChI=1S/C21H25NO3/c1-4-16(17-8-6-5-7-9-17)15-22-21(23)13-11-18-10-12-19(24-2)14-20(18)25-3/h5-14,16H,4,15H2,1-3H3,(H,22,23)/b13-11+. The zero-order valence-electron chi connectivity index (χ0n) is 15.0. The van der Waals surface area contributed by atoms with Crippen LogP contribution in [0, 0.1) is 0 Å². The van der Waals surface area contributed by atoms with Gasteiger partial charge in [-0.1, -0.05) is 37.3 Å². The van der Waals surface area contributed by atoms with Gasteiger partial charge in [-0.2, -0.15) is 0 Å². The molecular weight excluding hydrogens is 314 g/mol. The molecule has 25 heavy (non-hydrogen) atoms. The first-order valence-electron chi connectivity index (χ1n) is 8.40. The van der Waals surface area contributed by atoms with Gasteiger partial charge in [-0.25, -0.2) is 0 Å². The van der Waals surface area contributed by atoms with Gasteiger partial charge in [0.15, 0.2) is 0 Å². The first kappa shape index (κ1) is 18.6. The molecule has 0 aliphatic carbocycles. The predicted octanol–water partition coefficient (Wildman–Crippen LogP) is 4.03. The van der Waals surface area contributed by atoms with Crippen LogP contribution in [-0.2, 0) is 4.79 Å². The SMILES string of the molecule is CCC(CNC(=O)/C=C/c1ccc(OC)cc1OC)c1ccccc1. The van der Waals surface area contributed by atoms with Gasteiger partial charge in [0.2, 0.25) is 5.91 Å². The molecule has 1 N–H and O–H groups in total. The third-order valence-electron chi connectivity index (χ3n) is 4.14. The number of amides is 1. The Kier molecular flexibility index (Phi) is 7.08. The van der Waals surface area contributed by atoms with Crippen LogP contribution in [0.5, 0.6) is 11.5 Å². The molecule has 2 aromatic rings. The highest BCUT2D eigenvalue weighted by Gasteiger charge is 2.09. The Morgan fingerprint density at radius 1 is 1.12 bits per heavy atom. The number of benzene rings is 2. The summed E-state index contributed by atoms with van der Waals surface area (Å²) in [6, 6.07) is 15.7. The van der Waals surface area contributed by atoms with Gasteiger partial charge in [-0.15, -0.1) is 0 Å². The molecule has 0 aliphatic rings. The highest BCUT2D eigenvalue weighted by molar-refractivity contribution is 5.92. The van der Waals surface area contributed by atoms with Crippen molar-refractivity contribution in [3.63, 3.8) is 0 Å².